The first-order valence-electron chi connectivity index (χ1n) is 7.25. The minimum Gasteiger partial charge on any atom is -0.497 e. The molecule has 5 heteroatoms. The molecule has 118 valence electrons. The van der Waals surface area contributed by atoms with Gasteiger partial charge in [0.1, 0.15) is 11.6 Å². The van der Waals surface area contributed by atoms with Crippen LogP contribution in [0.25, 0.3) is 22.0 Å². The van der Waals surface area contributed by atoms with Crippen molar-refractivity contribution in [2.75, 3.05) is 7.11 Å². The Morgan fingerprint density at radius 1 is 1.26 bits per heavy atom. The van der Waals surface area contributed by atoms with Crippen molar-refractivity contribution in [2.24, 2.45) is 0 Å². The SMILES string of the molecule is CCn1cc(C(=O)O)c2cc(-c3cc(OC)ccc3F)ccc21. The number of methoxy groups -OCH3 is 1. The third kappa shape index (κ3) is 2.54. The van der Waals surface area contributed by atoms with E-state index in [0.29, 0.717) is 28.8 Å². The van der Waals surface area contributed by atoms with Crippen LogP contribution in [0.5, 0.6) is 5.75 Å². The van der Waals surface area contributed by atoms with Gasteiger partial charge >= 0.3 is 5.97 Å². The number of aryl methyl sites for hydroxylation is 1. The number of aromatic carboxylic acids is 1. The fourth-order valence-corrected chi connectivity index (χ4v) is 2.75. The topological polar surface area (TPSA) is 51.5 Å². The smallest absolute Gasteiger partial charge is 0.337 e. The number of hydrogen-bond acceptors (Lipinski definition) is 2. The molecule has 0 aliphatic heterocycles. The number of benzene rings is 2. The first-order valence-corrected chi connectivity index (χ1v) is 7.25. The molecular formula is C18H16FNO3. The van der Waals surface area contributed by atoms with Gasteiger partial charge in [0.15, 0.2) is 0 Å². The monoisotopic (exact) mass is 313 g/mol. The minimum absolute atomic E-state index is 0.215. The lowest BCUT2D eigenvalue weighted by molar-refractivity contribution is 0.0699. The molecule has 0 fully saturated rings. The highest BCUT2D eigenvalue weighted by atomic mass is 19.1. The Kier molecular flexibility index (Phi) is 3.78. The summed E-state index contributed by atoms with van der Waals surface area (Å²) in [5.41, 5.74) is 2.03. The molecule has 0 spiro atoms. The lowest BCUT2D eigenvalue weighted by Crippen LogP contribution is -1.95. The lowest BCUT2D eigenvalue weighted by atomic mass is 10.0. The summed E-state index contributed by atoms with van der Waals surface area (Å²) in [5.74, 6) is -0.825. The molecule has 1 N–H and O–H groups in total. The number of ether oxygens (including phenoxy) is 1. The molecule has 0 atom stereocenters. The predicted octanol–water partition coefficient (Wildman–Crippen LogP) is 4.17. The highest BCUT2D eigenvalue weighted by Crippen LogP contribution is 2.31. The van der Waals surface area contributed by atoms with Gasteiger partial charge in [-0.05, 0) is 42.8 Å². The van der Waals surface area contributed by atoms with Crippen molar-refractivity contribution in [1.29, 1.82) is 0 Å². The third-order valence-electron chi connectivity index (χ3n) is 3.94. The molecule has 2 aromatic carbocycles. The van der Waals surface area contributed by atoms with Gasteiger partial charge in [-0.3, -0.25) is 0 Å². The molecule has 0 amide bonds. The predicted molar refractivity (Wildman–Crippen MR) is 86.5 cm³/mol. The Labute approximate surface area is 132 Å². The number of nitrogens with zero attached hydrogens (tertiary/aromatic N) is 1. The molecule has 0 bridgehead atoms. The zero-order valence-corrected chi connectivity index (χ0v) is 12.8. The molecule has 0 aliphatic carbocycles. The fourth-order valence-electron chi connectivity index (χ4n) is 2.75. The summed E-state index contributed by atoms with van der Waals surface area (Å²) in [6, 6.07) is 9.81. The molecule has 0 saturated heterocycles. The summed E-state index contributed by atoms with van der Waals surface area (Å²) in [6.45, 7) is 2.61. The van der Waals surface area contributed by atoms with E-state index in [0.717, 1.165) is 5.52 Å². The standard InChI is InChI=1S/C18H16FNO3/c1-3-20-10-15(18(21)22)14-8-11(4-7-17(14)20)13-9-12(23-2)5-6-16(13)19/h4-10H,3H2,1-2H3,(H,21,22). The molecule has 0 saturated carbocycles. The van der Waals surface area contributed by atoms with Gasteiger partial charge in [-0.15, -0.1) is 0 Å². The van der Waals surface area contributed by atoms with Crippen LogP contribution in [0.15, 0.2) is 42.6 Å². The van der Waals surface area contributed by atoms with Crippen LogP contribution in [0.4, 0.5) is 4.39 Å². The molecule has 0 radical (unpaired) electrons. The van der Waals surface area contributed by atoms with Gasteiger partial charge in [0.25, 0.3) is 0 Å². The molecule has 0 unspecified atom stereocenters. The van der Waals surface area contributed by atoms with Crippen LogP contribution in [-0.2, 0) is 6.54 Å². The number of halogens is 1. The highest BCUT2D eigenvalue weighted by Gasteiger charge is 2.15. The van der Waals surface area contributed by atoms with E-state index >= 15 is 0 Å². The van der Waals surface area contributed by atoms with Crippen molar-refractivity contribution in [3.05, 3.63) is 54.0 Å². The van der Waals surface area contributed by atoms with Crippen molar-refractivity contribution in [1.82, 2.24) is 4.57 Å². The maximum absolute atomic E-state index is 14.1. The van der Waals surface area contributed by atoms with E-state index in [9.17, 15) is 14.3 Å². The lowest BCUT2D eigenvalue weighted by Gasteiger charge is -2.08. The Bertz CT molecular complexity index is 899. The minimum atomic E-state index is -0.995. The average molecular weight is 313 g/mol. The Balaban J connectivity index is 2.24. The number of fused-ring (bicyclic) bond motifs is 1. The van der Waals surface area contributed by atoms with Crippen LogP contribution >= 0.6 is 0 Å². The molecule has 0 aliphatic rings. The normalized spacial score (nSPS) is 10.9. The third-order valence-corrected chi connectivity index (χ3v) is 3.94. The summed E-state index contributed by atoms with van der Waals surface area (Å²) < 4.78 is 21.1. The van der Waals surface area contributed by atoms with Gasteiger partial charge in [0.2, 0.25) is 0 Å². The summed E-state index contributed by atoms with van der Waals surface area (Å²) in [4.78, 5) is 11.5. The number of rotatable bonds is 4. The number of hydrogen-bond donors (Lipinski definition) is 1. The van der Waals surface area contributed by atoms with E-state index in [2.05, 4.69) is 0 Å². The van der Waals surface area contributed by atoms with Crippen molar-refractivity contribution in [2.45, 2.75) is 13.5 Å². The van der Waals surface area contributed by atoms with Gasteiger partial charge in [0.05, 0.1) is 12.7 Å². The first-order chi connectivity index (χ1) is 11.0. The van der Waals surface area contributed by atoms with Gasteiger partial charge in [-0.25, -0.2) is 9.18 Å². The quantitative estimate of drug-likeness (QED) is 0.786. The number of carboxylic acids is 1. The second-order valence-electron chi connectivity index (χ2n) is 5.21. The largest absolute Gasteiger partial charge is 0.497 e. The van der Waals surface area contributed by atoms with E-state index < -0.39 is 5.97 Å². The van der Waals surface area contributed by atoms with Crippen molar-refractivity contribution >= 4 is 16.9 Å². The second-order valence-corrected chi connectivity index (χ2v) is 5.21. The Morgan fingerprint density at radius 2 is 2.04 bits per heavy atom. The average Bonchev–Trinajstić information content (AvgIpc) is 2.93. The Hall–Kier alpha value is -2.82. The van der Waals surface area contributed by atoms with Crippen LogP contribution in [0.2, 0.25) is 0 Å². The summed E-state index contributed by atoms with van der Waals surface area (Å²) in [7, 11) is 1.52. The summed E-state index contributed by atoms with van der Waals surface area (Å²) >= 11 is 0. The van der Waals surface area contributed by atoms with E-state index in [-0.39, 0.29) is 11.4 Å². The summed E-state index contributed by atoms with van der Waals surface area (Å²) in [5, 5.41) is 9.98. The van der Waals surface area contributed by atoms with E-state index in [1.807, 2.05) is 17.6 Å². The molecule has 3 aromatic rings. The fraction of sp³-hybridized carbons (Fsp3) is 0.167. The molecule has 4 nitrogen and oxygen atoms in total. The molecule has 1 aromatic heterocycles. The zero-order valence-electron chi connectivity index (χ0n) is 12.8. The maximum atomic E-state index is 14.1. The van der Waals surface area contributed by atoms with Gasteiger partial charge in [0, 0.05) is 29.2 Å². The zero-order chi connectivity index (χ0) is 16.6. The number of carbonyl (C=O) groups is 1. The van der Waals surface area contributed by atoms with E-state index in [4.69, 9.17) is 4.74 Å². The second kappa shape index (κ2) is 5.76. The van der Waals surface area contributed by atoms with Gasteiger partial charge in [-0.1, -0.05) is 6.07 Å². The molecular weight excluding hydrogens is 297 g/mol. The van der Waals surface area contributed by atoms with Crippen LogP contribution in [0.3, 0.4) is 0 Å². The van der Waals surface area contributed by atoms with Crippen LogP contribution in [0.1, 0.15) is 17.3 Å². The van der Waals surface area contributed by atoms with Crippen molar-refractivity contribution < 1.29 is 19.0 Å². The highest BCUT2D eigenvalue weighted by molar-refractivity contribution is 6.04. The Morgan fingerprint density at radius 3 is 2.70 bits per heavy atom. The van der Waals surface area contributed by atoms with Crippen LogP contribution in [-0.4, -0.2) is 22.8 Å². The first kappa shape index (κ1) is 15.1. The van der Waals surface area contributed by atoms with Crippen LogP contribution < -0.4 is 4.74 Å². The number of aromatic nitrogens is 1. The molecule has 23 heavy (non-hydrogen) atoms. The van der Waals surface area contributed by atoms with Crippen molar-refractivity contribution in [3.8, 4) is 16.9 Å². The molecule has 1 heterocycles. The van der Waals surface area contributed by atoms with Crippen LogP contribution in [0, 0.1) is 5.82 Å². The molecule has 3 rings (SSSR count). The maximum Gasteiger partial charge on any atom is 0.337 e. The number of carboxylic acid groups (broad SMARTS) is 1. The van der Waals surface area contributed by atoms with E-state index in [1.54, 1.807) is 30.5 Å². The van der Waals surface area contributed by atoms with E-state index in [1.165, 1.54) is 13.2 Å². The van der Waals surface area contributed by atoms with Crippen molar-refractivity contribution in [3.63, 3.8) is 0 Å². The summed E-state index contributed by atoms with van der Waals surface area (Å²) in [6.07, 6.45) is 1.61. The van der Waals surface area contributed by atoms with Gasteiger partial charge < -0.3 is 14.4 Å². The van der Waals surface area contributed by atoms with Gasteiger partial charge in [-0.2, -0.15) is 0 Å².